The molecule has 76 valence electrons. The molecular formula is C10H11BrO3. The summed E-state index contributed by atoms with van der Waals surface area (Å²) in [5.41, 5.74) is 0.290. The Morgan fingerprint density at radius 1 is 1.57 bits per heavy atom. The Bertz CT molecular complexity index is 361. The van der Waals surface area contributed by atoms with E-state index in [9.17, 15) is 9.90 Å². The zero-order valence-electron chi connectivity index (χ0n) is 8.00. The number of phenolic OH excluding ortho intramolecular Hbond substituents is 1. The molecule has 4 heteroatoms. The first-order valence-electron chi connectivity index (χ1n) is 4.19. The predicted octanol–water partition coefficient (Wildman–Crippen LogP) is 2.76. The fourth-order valence-corrected chi connectivity index (χ4v) is 1.57. The summed E-state index contributed by atoms with van der Waals surface area (Å²) in [6.45, 7) is 1.75. The molecule has 0 radical (unpaired) electrons. The smallest absolute Gasteiger partial charge is 0.168 e. The topological polar surface area (TPSA) is 46.5 Å². The van der Waals surface area contributed by atoms with Crippen LogP contribution in [-0.4, -0.2) is 18.0 Å². The summed E-state index contributed by atoms with van der Waals surface area (Å²) in [5, 5.41) is 9.65. The number of Topliss-reactive ketones (excluding diaryl/α,β-unsaturated/α-hetero) is 1. The lowest BCUT2D eigenvalue weighted by Crippen LogP contribution is -1.98. The number of hydrogen-bond donors (Lipinski definition) is 1. The number of aromatic hydroxyl groups is 1. The van der Waals surface area contributed by atoms with Crippen molar-refractivity contribution in [2.45, 2.75) is 13.3 Å². The van der Waals surface area contributed by atoms with Crippen LogP contribution in [0, 0.1) is 0 Å². The van der Waals surface area contributed by atoms with Crippen molar-refractivity contribution in [3.8, 4) is 11.5 Å². The fraction of sp³-hybridized carbons (Fsp3) is 0.300. The van der Waals surface area contributed by atoms with Gasteiger partial charge in [-0.15, -0.1) is 0 Å². The van der Waals surface area contributed by atoms with Gasteiger partial charge in [0.05, 0.1) is 12.7 Å². The molecule has 0 aliphatic heterocycles. The van der Waals surface area contributed by atoms with Gasteiger partial charge >= 0.3 is 0 Å². The second-order valence-corrected chi connectivity index (χ2v) is 3.70. The first-order chi connectivity index (χ1) is 6.60. The average molecular weight is 259 g/mol. The number of hydrogen-bond acceptors (Lipinski definition) is 3. The van der Waals surface area contributed by atoms with E-state index in [1.165, 1.54) is 7.11 Å². The van der Waals surface area contributed by atoms with Crippen molar-refractivity contribution >= 4 is 21.7 Å². The fourth-order valence-electron chi connectivity index (χ4n) is 1.13. The summed E-state index contributed by atoms with van der Waals surface area (Å²) in [4.78, 5) is 11.4. The van der Waals surface area contributed by atoms with Crippen molar-refractivity contribution in [2.75, 3.05) is 7.11 Å². The van der Waals surface area contributed by atoms with Gasteiger partial charge in [0.25, 0.3) is 0 Å². The first kappa shape index (κ1) is 11.0. The molecular weight excluding hydrogens is 248 g/mol. The Hall–Kier alpha value is -1.03. The van der Waals surface area contributed by atoms with E-state index < -0.39 is 0 Å². The number of halogens is 1. The van der Waals surface area contributed by atoms with Crippen LogP contribution in [-0.2, 0) is 0 Å². The van der Waals surface area contributed by atoms with Gasteiger partial charge in [0, 0.05) is 10.9 Å². The molecule has 0 saturated carbocycles. The van der Waals surface area contributed by atoms with Crippen LogP contribution in [0.1, 0.15) is 23.7 Å². The van der Waals surface area contributed by atoms with Crippen LogP contribution in [0.25, 0.3) is 0 Å². The number of ether oxygens (including phenoxy) is 1. The lowest BCUT2D eigenvalue weighted by molar-refractivity contribution is 0.0985. The van der Waals surface area contributed by atoms with Gasteiger partial charge in [-0.3, -0.25) is 4.79 Å². The van der Waals surface area contributed by atoms with E-state index >= 15 is 0 Å². The molecule has 0 aliphatic carbocycles. The molecule has 1 N–H and O–H groups in total. The van der Waals surface area contributed by atoms with Crippen molar-refractivity contribution < 1.29 is 14.6 Å². The van der Waals surface area contributed by atoms with Gasteiger partial charge in [-0.05, 0) is 12.1 Å². The third kappa shape index (κ3) is 2.07. The zero-order chi connectivity index (χ0) is 10.7. The molecule has 0 spiro atoms. The van der Waals surface area contributed by atoms with Crippen molar-refractivity contribution in [3.63, 3.8) is 0 Å². The normalized spacial score (nSPS) is 9.93. The van der Waals surface area contributed by atoms with Gasteiger partial charge in [0.2, 0.25) is 0 Å². The van der Waals surface area contributed by atoms with E-state index in [1.54, 1.807) is 19.1 Å². The number of ketones is 1. The van der Waals surface area contributed by atoms with E-state index in [-0.39, 0.29) is 11.5 Å². The van der Waals surface area contributed by atoms with E-state index in [0.717, 1.165) is 0 Å². The molecule has 1 rings (SSSR count). The van der Waals surface area contributed by atoms with Crippen molar-refractivity contribution in [1.82, 2.24) is 0 Å². The van der Waals surface area contributed by atoms with Crippen molar-refractivity contribution in [3.05, 3.63) is 22.2 Å². The Kier molecular flexibility index (Phi) is 3.52. The van der Waals surface area contributed by atoms with E-state index in [2.05, 4.69) is 15.9 Å². The van der Waals surface area contributed by atoms with Crippen molar-refractivity contribution in [1.29, 1.82) is 0 Å². The van der Waals surface area contributed by atoms with E-state index in [1.807, 2.05) is 0 Å². The summed E-state index contributed by atoms with van der Waals surface area (Å²) in [5.74, 6) is 0.0980. The van der Waals surface area contributed by atoms with E-state index in [4.69, 9.17) is 4.74 Å². The van der Waals surface area contributed by atoms with Crippen LogP contribution >= 0.6 is 15.9 Å². The van der Waals surface area contributed by atoms with Gasteiger partial charge in [-0.2, -0.15) is 0 Å². The first-order valence-corrected chi connectivity index (χ1v) is 4.99. The quantitative estimate of drug-likeness (QED) is 0.849. The Morgan fingerprint density at radius 3 is 2.71 bits per heavy atom. The third-order valence-corrected chi connectivity index (χ3v) is 2.34. The molecule has 0 heterocycles. The van der Waals surface area contributed by atoms with Gasteiger partial charge < -0.3 is 9.84 Å². The van der Waals surface area contributed by atoms with Crippen LogP contribution in [0.15, 0.2) is 16.6 Å². The van der Waals surface area contributed by atoms with Crippen molar-refractivity contribution in [2.24, 2.45) is 0 Å². The van der Waals surface area contributed by atoms with E-state index in [0.29, 0.717) is 22.2 Å². The highest BCUT2D eigenvalue weighted by Gasteiger charge is 2.14. The number of benzene rings is 1. The van der Waals surface area contributed by atoms with Crippen LogP contribution in [0.2, 0.25) is 0 Å². The molecule has 0 unspecified atom stereocenters. The summed E-state index contributed by atoms with van der Waals surface area (Å²) in [6, 6.07) is 3.20. The number of methoxy groups -OCH3 is 1. The molecule has 0 fully saturated rings. The van der Waals surface area contributed by atoms with Gasteiger partial charge in [0.1, 0.15) is 0 Å². The minimum atomic E-state index is -0.109. The predicted molar refractivity (Wildman–Crippen MR) is 57.0 cm³/mol. The Labute approximate surface area is 90.8 Å². The second-order valence-electron chi connectivity index (χ2n) is 2.78. The molecule has 14 heavy (non-hydrogen) atoms. The molecule has 0 atom stereocenters. The summed E-state index contributed by atoms with van der Waals surface area (Å²) < 4.78 is 5.64. The highest BCUT2D eigenvalue weighted by atomic mass is 79.9. The average Bonchev–Trinajstić information content (AvgIpc) is 2.19. The maximum absolute atomic E-state index is 11.4. The number of phenols is 1. The summed E-state index contributed by atoms with van der Waals surface area (Å²) >= 11 is 3.24. The summed E-state index contributed by atoms with van der Waals surface area (Å²) in [6.07, 6.45) is 0.354. The molecule has 1 aromatic rings. The Morgan fingerprint density at radius 2 is 2.21 bits per heavy atom. The monoisotopic (exact) mass is 258 g/mol. The Balaban J connectivity index is 3.29. The number of carbonyl (C=O) groups excluding carboxylic acids is 1. The van der Waals surface area contributed by atoms with Crippen LogP contribution in [0.3, 0.4) is 0 Å². The molecule has 0 bridgehead atoms. The standard InChI is InChI=1S/C10H11BrO3/c1-3-8(12)7-4-6(11)5-9(14-2)10(7)13/h4-5,13H,3H2,1-2H3. The minimum absolute atomic E-state index is 0.0949. The summed E-state index contributed by atoms with van der Waals surface area (Å²) in [7, 11) is 1.45. The van der Waals surface area contributed by atoms with Crippen LogP contribution < -0.4 is 4.74 Å². The molecule has 0 amide bonds. The SMILES string of the molecule is CCC(=O)c1cc(Br)cc(OC)c1O. The molecule has 0 aromatic heterocycles. The lowest BCUT2D eigenvalue weighted by atomic mass is 10.1. The largest absolute Gasteiger partial charge is 0.504 e. The van der Waals surface area contributed by atoms with Gasteiger partial charge in [-0.25, -0.2) is 0 Å². The number of rotatable bonds is 3. The minimum Gasteiger partial charge on any atom is -0.504 e. The maximum atomic E-state index is 11.4. The van der Waals surface area contributed by atoms with Crippen LogP contribution in [0.5, 0.6) is 11.5 Å². The molecule has 0 saturated heterocycles. The number of carbonyl (C=O) groups is 1. The van der Waals surface area contributed by atoms with Gasteiger partial charge in [-0.1, -0.05) is 22.9 Å². The highest BCUT2D eigenvalue weighted by Crippen LogP contribution is 2.34. The van der Waals surface area contributed by atoms with Gasteiger partial charge in [0.15, 0.2) is 17.3 Å². The maximum Gasteiger partial charge on any atom is 0.168 e. The zero-order valence-corrected chi connectivity index (χ0v) is 9.59. The molecule has 0 aliphatic rings. The highest BCUT2D eigenvalue weighted by molar-refractivity contribution is 9.10. The van der Waals surface area contributed by atoms with Crippen LogP contribution in [0.4, 0.5) is 0 Å². The molecule has 1 aromatic carbocycles. The second kappa shape index (κ2) is 4.46. The lowest BCUT2D eigenvalue weighted by Gasteiger charge is -2.08. The molecule has 3 nitrogen and oxygen atoms in total. The third-order valence-electron chi connectivity index (χ3n) is 1.88.